The van der Waals surface area contributed by atoms with Gasteiger partial charge in [-0.2, -0.15) is 0 Å². The highest BCUT2D eigenvalue weighted by atomic mass is 32.2. The zero-order valence-electron chi connectivity index (χ0n) is 17.6. The molecule has 1 saturated carbocycles. The number of ether oxygens (including phenoxy) is 1. The van der Waals surface area contributed by atoms with Crippen molar-refractivity contribution in [3.05, 3.63) is 64.6 Å². The molecule has 2 aromatic carbocycles. The van der Waals surface area contributed by atoms with E-state index in [1.807, 2.05) is 54.3 Å². The van der Waals surface area contributed by atoms with Crippen LogP contribution in [0.15, 0.2) is 58.4 Å². The van der Waals surface area contributed by atoms with E-state index in [0.717, 1.165) is 35.0 Å². The van der Waals surface area contributed by atoms with Gasteiger partial charge in [-0.05, 0) is 62.7 Å². The number of carbonyl (C=O) groups is 1. The molecule has 0 atom stereocenters. The van der Waals surface area contributed by atoms with Crippen molar-refractivity contribution in [2.75, 3.05) is 6.61 Å². The van der Waals surface area contributed by atoms with Crippen molar-refractivity contribution in [1.82, 2.24) is 4.90 Å². The third-order valence-corrected chi connectivity index (χ3v) is 6.52. The van der Waals surface area contributed by atoms with Crippen LogP contribution in [0.4, 0.5) is 5.69 Å². The van der Waals surface area contributed by atoms with E-state index in [1.54, 1.807) is 0 Å². The number of benzene rings is 2. The zero-order valence-corrected chi connectivity index (χ0v) is 18.5. The van der Waals surface area contributed by atoms with E-state index in [1.165, 1.54) is 36.6 Å². The molecule has 30 heavy (non-hydrogen) atoms. The van der Waals surface area contributed by atoms with Gasteiger partial charge < -0.3 is 4.74 Å². The van der Waals surface area contributed by atoms with E-state index >= 15 is 0 Å². The Balaban J connectivity index is 1.70. The van der Waals surface area contributed by atoms with Crippen LogP contribution in [0.1, 0.15) is 50.2 Å². The van der Waals surface area contributed by atoms with E-state index in [4.69, 9.17) is 9.73 Å². The number of thioether (sulfide) groups is 1. The van der Waals surface area contributed by atoms with E-state index in [-0.39, 0.29) is 11.9 Å². The fourth-order valence-corrected chi connectivity index (χ4v) is 5.03. The molecule has 2 fully saturated rings. The largest absolute Gasteiger partial charge is 0.493 e. The summed E-state index contributed by atoms with van der Waals surface area (Å²) in [5, 5.41) is 0.788. The Labute approximate surface area is 183 Å². The number of aliphatic imine (C=N–C) groups is 1. The number of nitrogens with zero attached hydrogens (tertiary/aromatic N) is 2. The summed E-state index contributed by atoms with van der Waals surface area (Å²) in [6.45, 7) is 4.63. The van der Waals surface area contributed by atoms with Gasteiger partial charge in [0.1, 0.15) is 5.75 Å². The standard InChI is InChI=1S/C25H28N2O2S/c1-3-29-22-12-8-7-9-19(22)17-23-24(28)27(21-10-5-4-6-11-21)25(30-23)26-20-15-13-18(2)14-16-20/h7-9,12-17,21H,3-6,10-11H2,1-2H3/b23-17+,26-25?. The number of para-hydroxylation sites is 1. The van der Waals surface area contributed by atoms with Crippen molar-refractivity contribution in [1.29, 1.82) is 0 Å². The van der Waals surface area contributed by atoms with Gasteiger partial charge in [0.15, 0.2) is 5.17 Å². The quantitative estimate of drug-likeness (QED) is 0.531. The number of amides is 1. The lowest BCUT2D eigenvalue weighted by atomic mass is 9.94. The van der Waals surface area contributed by atoms with E-state index in [9.17, 15) is 4.79 Å². The van der Waals surface area contributed by atoms with Crippen LogP contribution in [0.25, 0.3) is 6.08 Å². The molecule has 2 aliphatic rings. The average molecular weight is 421 g/mol. The fraction of sp³-hybridized carbons (Fsp3) is 0.360. The molecule has 1 heterocycles. The maximum absolute atomic E-state index is 13.4. The summed E-state index contributed by atoms with van der Waals surface area (Å²) in [7, 11) is 0. The van der Waals surface area contributed by atoms with Crippen LogP contribution in [0.5, 0.6) is 5.75 Å². The molecule has 1 aliphatic carbocycles. The van der Waals surface area contributed by atoms with Crippen molar-refractivity contribution in [2.45, 2.75) is 52.0 Å². The van der Waals surface area contributed by atoms with Crippen LogP contribution in [0.3, 0.4) is 0 Å². The van der Waals surface area contributed by atoms with Gasteiger partial charge >= 0.3 is 0 Å². The summed E-state index contributed by atoms with van der Waals surface area (Å²) in [5.41, 5.74) is 3.01. The first-order valence-corrected chi connectivity index (χ1v) is 11.6. The summed E-state index contributed by atoms with van der Waals surface area (Å²) in [6, 6.07) is 16.2. The molecule has 0 radical (unpaired) electrons. The maximum atomic E-state index is 13.4. The topological polar surface area (TPSA) is 41.9 Å². The van der Waals surface area contributed by atoms with Gasteiger partial charge in [0.25, 0.3) is 5.91 Å². The number of amidine groups is 1. The van der Waals surface area contributed by atoms with Crippen LogP contribution in [-0.4, -0.2) is 28.6 Å². The summed E-state index contributed by atoms with van der Waals surface area (Å²) >= 11 is 1.47. The Morgan fingerprint density at radius 1 is 1.10 bits per heavy atom. The summed E-state index contributed by atoms with van der Waals surface area (Å²) in [5.74, 6) is 0.859. The summed E-state index contributed by atoms with van der Waals surface area (Å²) in [6.07, 6.45) is 7.63. The smallest absolute Gasteiger partial charge is 0.267 e. The van der Waals surface area contributed by atoms with E-state index in [2.05, 4.69) is 19.1 Å². The Kier molecular flexibility index (Phi) is 6.58. The molecule has 1 saturated heterocycles. The van der Waals surface area contributed by atoms with E-state index in [0.29, 0.717) is 11.5 Å². The number of carbonyl (C=O) groups excluding carboxylic acids is 1. The zero-order chi connectivity index (χ0) is 20.9. The van der Waals surface area contributed by atoms with Gasteiger partial charge in [0.2, 0.25) is 0 Å². The Hall–Kier alpha value is -2.53. The molecular formula is C25H28N2O2S. The molecular weight excluding hydrogens is 392 g/mol. The van der Waals surface area contributed by atoms with Gasteiger partial charge in [-0.1, -0.05) is 55.2 Å². The second-order valence-corrected chi connectivity index (χ2v) is 8.79. The molecule has 0 spiro atoms. The summed E-state index contributed by atoms with van der Waals surface area (Å²) < 4.78 is 5.75. The third-order valence-electron chi connectivity index (χ3n) is 5.54. The lowest BCUT2D eigenvalue weighted by Gasteiger charge is -2.30. The molecule has 0 N–H and O–H groups in total. The minimum atomic E-state index is 0.0593. The fourth-order valence-electron chi connectivity index (χ4n) is 3.98. The molecule has 156 valence electrons. The van der Waals surface area contributed by atoms with Crippen LogP contribution >= 0.6 is 11.8 Å². The van der Waals surface area contributed by atoms with Crippen LogP contribution in [0, 0.1) is 6.92 Å². The monoisotopic (exact) mass is 420 g/mol. The van der Waals surface area contributed by atoms with Gasteiger partial charge in [-0.3, -0.25) is 9.69 Å². The molecule has 4 rings (SSSR count). The lowest BCUT2D eigenvalue weighted by Crippen LogP contribution is -2.40. The van der Waals surface area contributed by atoms with Gasteiger partial charge in [-0.25, -0.2) is 4.99 Å². The van der Waals surface area contributed by atoms with Crippen molar-refractivity contribution in [3.8, 4) is 5.75 Å². The number of hydrogen-bond donors (Lipinski definition) is 0. The Morgan fingerprint density at radius 3 is 2.57 bits per heavy atom. The van der Waals surface area contributed by atoms with Gasteiger partial charge in [0, 0.05) is 11.6 Å². The Morgan fingerprint density at radius 2 is 1.83 bits per heavy atom. The molecule has 2 aromatic rings. The van der Waals surface area contributed by atoms with Crippen molar-refractivity contribution in [3.63, 3.8) is 0 Å². The number of aryl methyl sites for hydroxylation is 1. The Bertz CT molecular complexity index is 959. The summed E-state index contributed by atoms with van der Waals surface area (Å²) in [4.78, 5) is 21.0. The van der Waals surface area contributed by atoms with Gasteiger partial charge in [0.05, 0.1) is 17.2 Å². The normalized spacial score (nSPS) is 20.3. The van der Waals surface area contributed by atoms with Crippen molar-refractivity contribution in [2.24, 2.45) is 4.99 Å². The van der Waals surface area contributed by atoms with Crippen molar-refractivity contribution >= 4 is 34.6 Å². The minimum Gasteiger partial charge on any atom is -0.493 e. The molecule has 0 aromatic heterocycles. The molecule has 1 amide bonds. The van der Waals surface area contributed by atoms with Crippen molar-refractivity contribution < 1.29 is 9.53 Å². The highest BCUT2D eigenvalue weighted by Crippen LogP contribution is 2.39. The average Bonchev–Trinajstić information content (AvgIpc) is 3.06. The first-order valence-electron chi connectivity index (χ1n) is 10.8. The molecule has 4 nitrogen and oxygen atoms in total. The number of rotatable bonds is 5. The third kappa shape index (κ3) is 4.62. The predicted octanol–water partition coefficient (Wildman–Crippen LogP) is 6.33. The highest BCUT2D eigenvalue weighted by molar-refractivity contribution is 8.18. The molecule has 1 aliphatic heterocycles. The second kappa shape index (κ2) is 9.52. The first-order chi connectivity index (χ1) is 14.7. The van der Waals surface area contributed by atoms with Crippen LogP contribution < -0.4 is 4.74 Å². The minimum absolute atomic E-state index is 0.0593. The van der Waals surface area contributed by atoms with Crippen LogP contribution in [-0.2, 0) is 4.79 Å². The highest BCUT2D eigenvalue weighted by Gasteiger charge is 2.38. The molecule has 0 unspecified atom stereocenters. The number of hydrogen-bond acceptors (Lipinski definition) is 4. The first kappa shape index (κ1) is 20.7. The van der Waals surface area contributed by atoms with Crippen LogP contribution in [0.2, 0.25) is 0 Å². The molecule has 5 heteroatoms. The van der Waals surface area contributed by atoms with Gasteiger partial charge in [-0.15, -0.1) is 0 Å². The maximum Gasteiger partial charge on any atom is 0.267 e. The SMILES string of the molecule is CCOc1ccccc1/C=C1/SC(=Nc2ccc(C)cc2)N(C2CCCCC2)C1=O. The molecule has 0 bridgehead atoms. The second-order valence-electron chi connectivity index (χ2n) is 7.78. The predicted molar refractivity (Wildman–Crippen MR) is 125 cm³/mol. The van der Waals surface area contributed by atoms with E-state index < -0.39 is 0 Å². The lowest BCUT2D eigenvalue weighted by molar-refractivity contribution is -0.124.